The predicted octanol–water partition coefficient (Wildman–Crippen LogP) is 2.79. The third-order valence-electron chi connectivity index (χ3n) is 4.76. The number of carbonyl (C=O) groups excluding carboxylic acids is 1. The predicted molar refractivity (Wildman–Crippen MR) is 88.7 cm³/mol. The Bertz CT molecular complexity index is 704. The SMILES string of the molecule is C[C@H](CNC(=O)c1cc(C2CC2)on1)N1CCc2sccc2C1. The zero-order valence-electron chi connectivity index (χ0n) is 13.2. The molecule has 3 heterocycles. The minimum atomic E-state index is -0.138. The summed E-state index contributed by atoms with van der Waals surface area (Å²) in [4.78, 5) is 16.1. The molecule has 1 aliphatic heterocycles. The number of aromatic nitrogens is 1. The molecule has 2 aromatic rings. The number of nitrogens with one attached hydrogen (secondary N) is 1. The van der Waals surface area contributed by atoms with Crippen LogP contribution in [0.5, 0.6) is 0 Å². The molecular weight excluding hydrogens is 310 g/mol. The van der Waals surface area contributed by atoms with Crippen LogP contribution in [-0.2, 0) is 13.0 Å². The molecule has 1 aliphatic carbocycles. The summed E-state index contributed by atoms with van der Waals surface area (Å²) in [5.74, 6) is 1.20. The Morgan fingerprint density at radius 2 is 2.43 bits per heavy atom. The van der Waals surface area contributed by atoms with Gasteiger partial charge in [-0.2, -0.15) is 0 Å². The van der Waals surface area contributed by atoms with Crippen molar-refractivity contribution in [2.45, 2.75) is 44.7 Å². The van der Waals surface area contributed by atoms with Gasteiger partial charge in [-0.1, -0.05) is 5.16 Å². The van der Waals surface area contributed by atoms with E-state index in [2.05, 4.69) is 33.7 Å². The van der Waals surface area contributed by atoms with Gasteiger partial charge < -0.3 is 9.84 Å². The minimum Gasteiger partial charge on any atom is -0.360 e. The largest absolute Gasteiger partial charge is 0.360 e. The van der Waals surface area contributed by atoms with Crippen LogP contribution >= 0.6 is 11.3 Å². The molecule has 1 N–H and O–H groups in total. The highest BCUT2D eigenvalue weighted by Gasteiger charge is 2.29. The van der Waals surface area contributed by atoms with Crippen molar-refractivity contribution in [1.82, 2.24) is 15.4 Å². The summed E-state index contributed by atoms with van der Waals surface area (Å²) < 4.78 is 5.24. The molecule has 5 nitrogen and oxygen atoms in total. The Hall–Kier alpha value is -1.66. The summed E-state index contributed by atoms with van der Waals surface area (Å²) in [6, 6.07) is 4.31. The second kappa shape index (κ2) is 6.09. The zero-order valence-corrected chi connectivity index (χ0v) is 14.1. The van der Waals surface area contributed by atoms with E-state index in [-0.39, 0.29) is 5.91 Å². The fourth-order valence-corrected chi connectivity index (χ4v) is 3.95. The minimum absolute atomic E-state index is 0.138. The van der Waals surface area contributed by atoms with Gasteiger partial charge in [-0.15, -0.1) is 11.3 Å². The number of rotatable bonds is 5. The van der Waals surface area contributed by atoms with E-state index in [4.69, 9.17) is 4.52 Å². The molecule has 6 heteroatoms. The van der Waals surface area contributed by atoms with Crippen molar-refractivity contribution in [2.24, 2.45) is 0 Å². The van der Waals surface area contributed by atoms with Gasteiger partial charge in [-0.3, -0.25) is 9.69 Å². The van der Waals surface area contributed by atoms with Gasteiger partial charge in [0.1, 0.15) is 5.76 Å². The summed E-state index contributed by atoms with van der Waals surface area (Å²) >= 11 is 1.85. The molecule has 2 aliphatic rings. The lowest BCUT2D eigenvalue weighted by Crippen LogP contribution is -2.44. The van der Waals surface area contributed by atoms with Crippen molar-refractivity contribution < 1.29 is 9.32 Å². The maximum absolute atomic E-state index is 12.2. The summed E-state index contributed by atoms with van der Waals surface area (Å²) in [5.41, 5.74) is 1.84. The molecule has 0 radical (unpaired) electrons. The highest BCUT2D eigenvalue weighted by atomic mass is 32.1. The summed E-state index contributed by atoms with van der Waals surface area (Å²) in [7, 11) is 0. The quantitative estimate of drug-likeness (QED) is 0.915. The van der Waals surface area contributed by atoms with Gasteiger partial charge in [-0.25, -0.2) is 0 Å². The third kappa shape index (κ3) is 3.19. The number of thiophene rings is 1. The lowest BCUT2D eigenvalue weighted by Gasteiger charge is -2.32. The monoisotopic (exact) mass is 331 g/mol. The zero-order chi connectivity index (χ0) is 15.8. The van der Waals surface area contributed by atoms with Crippen molar-refractivity contribution in [3.63, 3.8) is 0 Å². The van der Waals surface area contributed by atoms with Crippen LogP contribution in [-0.4, -0.2) is 35.1 Å². The number of hydrogen-bond donors (Lipinski definition) is 1. The van der Waals surface area contributed by atoms with E-state index in [1.54, 1.807) is 6.07 Å². The molecule has 2 aromatic heterocycles. The highest BCUT2D eigenvalue weighted by molar-refractivity contribution is 7.10. The highest BCUT2D eigenvalue weighted by Crippen LogP contribution is 2.40. The van der Waals surface area contributed by atoms with E-state index < -0.39 is 0 Å². The van der Waals surface area contributed by atoms with Crippen LogP contribution in [0.3, 0.4) is 0 Å². The molecule has 0 saturated heterocycles. The number of nitrogens with zero attached hydrogens (tertiary/aromatic N) is 2. The molecule has 23 heavy (non-hydrogen) atoms. The van der Waals surface area contributed by atoms with E-state index >= 15 is 0 Å². The Kier molecular flexibility index (Phi) is 3.95. The maximum atomic E-state index is 12.2. The fraction of sp³-hybridized carbons (Fsp3) is 0.529. The van der Waals surface area contributed by atoms with E-state index in [0.717, 1.165) is 38.1 Å². The van der Waals surface area contributed by atoms with Crippen LogP contribution < -0.4 is 5.32 Å². The normalized spacial score (nSPS) is 19.3. The Labute approximate surface area is 139 Å². The van der Waals surface area contributed by atoms with Crippen LogP contribution in [0.2, 0.25) is 0 Å². The van der Waals surface area contributed by atoms with Crippen LogP contribution in [0.15, 0.2) is 22.0 Å². The second-order valence-corrected chi connectivity index (χ2v) is 7.54. The van der Waals surface area contributed by atoms with Crippen molar-refractivity contribution in [2.75, 3.05) is 13.1 Å². The average Bonchev–Trinajstić information content (AvgIpc) is 3.12. The molecule has 1 atom stereocenters. The lowest BCUT2D eigenvalue weighted by atomic mass is 10.1. The Balaban J connectivity index is 1.30. The van der Waals surface area contributed by atoms with Gasteiger partial charge in [0.25, 0.3) is 5.91 Å². The van der Waals surface area contributed by atoms with E-state index in [9.17, 15) is 4.79 Å². The van der Waals surface area contributed by atoms with Gasteiger partial charge in [0.2, 0.25) is 0 Å². The molecular formula is C17H21N3O2S. The second-order valence-electron chi connectivity index (χ2n) is 6.54. The van der Waals surface area contributed by atoms with Crippen LogP contribution in [0.4, 0.5) is 0 Å². The fourth-order valence-electron chi connectivity index (χ4n) is 3.06. The first-order chi connectivity index (χ1) is 11.2. The first-order valence-corrected chi connectivity index (χ1v) is 9.13. The van der Waals surface area contributed by atoms with Gasteiger partial charge >= 0.3 is 0 Å². The number of carbonyl (C=O) groups is 1. The van der Waals surface area contributed by atoms with Crippen molar-refractivity contribution in [3.05, 3.63) is 39.4 Å². The van der Waals surface area contributed by atoms with Gasteiger partial charge in [-0.05, 0) is 43.2 Å². The molecule has 1 fully saturated rings. The molecule has 4 rings (SSSR count). The molecule has 122 valence electrons. The standard InChI is InChI=1S/C17H21N3O2S/c1-11(20-6-4-16-13(10-20)5-7-23-16)9-18-17(21)14-8-15(22-19-14)12-2-3-12/h5,7-8,11-12H,2-4,6,9-10H2,1H3,(H,18,21)/t11-/m1/s1. The smallest absolute Gasteiger partial charge is 0.273 e. The van der Waals surface area contributed by atoms with Crippen LogP contribution in [0.1, 0.15) is 52.4 Å². The summed E-state index contributed by atoms with van der Waals surface area (Å²) in [6.07, 6.45) is 3.40. The number of fused-ring (bicyclic) bond motifs is 1. The molecule has 0 bridgehead atoms. The summed E-state index contributed by atoms with van der Waals surface area (Å²) in [5, 5.41) is 9.05. The summed E-state index contributed by atoms with van der Waals surface area (Å²) in [6.45, 7) is 4.83. The topological polar surface area (TPSA) is 58.4 Å². The van der Waals surface area contributed by atoms with Crippen LogP contribution in [0, 0.1) is 0 Å². The first kappa shape index (κ1) is 14.9. The Morgan fingerprint density at radius 3 is 3.26 bits per heavy atom. The van der Waals surface area contributed by atoms with Crippen molar-refractivity contribution >= 4 is 17.2 Å². The third-order valence-corrected chi connectivity index (χ3v) is 5.78. The maximum Gasteiger partial charge on any atom is 0.273 e. The van der Waals surface area contributed by atoms with Gasteiger partial charge in [0.05, 0.1) is 0 Å². The lowest BCUT2D eigenvalue weighted by molar-refractivity contribution is 0.0923. The molecule has 1 amide bonds. The van der Waals surface area contributed by atoms with Crippen molar-refractivity contribution in [1.29, 1.82) is 0 Å². The van der Waals surface area contributed by atoms with Gasteiger partial charge in [0.15, 0.2) is 5.69 Å². The average molecular weight is 331 g/mol. The van der Waals surface area contributed by atoms with Crippen molar-refractivity contribution in [3.8, 4) is 0 Å². The molecule has 0 unspecified atom stereocenters. The molecule has 1 saturated carbocycles. The Morgan fingerprint density at radius 1 is 1.57 bits per heavy atom. The number of hydrogen-bond acceptors (Lipinski definition) is 5. The molecule has 0 aromatic carbocycles. The van der Waals surface area contributed by atoms with E-state index in [1.807, 2.05) is 11.3 Å². The van der Waals surface area contributed by atoms with E-state index in [0.29, 0.717) is 24.2 Å². The first-order valence-electron chi connectivity index (χ1n) is 8.25. The molecule has 0 spiro atoms. The number of amides is 1. The van der Waals surface area contributed by atoms with Gasteiger partial charge in [0, 0.05) is 42.5 Å². The van der Waals surface area contributed by atoms with Crippen LogP contribution in [0.25, 0.3) is 0 Å². The van der Waals surface area contributed by atoms with E-state index in [1.165, 1.54) is 10.4 Å².